The van der Waals surface area contributed by atoms with Crippen LogP contribution in [0.25, 0.3) is 39.2 Å². The molecule has 0 bridgehead atoms. The van der Waals surface area contributed by atoms with Gasteiger partial charge in [-0.25, -0.2) is 13.4 Å². The van der Waals surface area contributed by atoms with Gasteiger partial charge in [0.2, 0.25) is 5.91 Å². The van der Waals surface area contributed by atoms with Crippen molar-refractivity contribution in [3.8, 4) is 28.3 Å². The number of pyridine rings is 1. The van der Waals surface area contributed by atoms with Crippen LogP contribution >= 0.6 is 0 Å². The molecule has 1 saturated heterocycles. The molecule has 0 aliphatic carbocycles. The van der Waals surface area contributed by atoms with E-state index in [-0.39, 0.29) is 22.0 Å². The Morgan fingerprint density at radius 2 is 1.85 bits per heavy atom. The summed E-state index contributed by atoms with van der Waals surface area (Å²) in [6, 6.07) is 13.7. The number of aryl methyl sites for hydroxylation is 1. The normalized spacial score (nSPS) is 13.9. The lowest BCUT2D eigenvalue weighted by Gasteiger charge is -2.19. The molecule has 1 fully saturated rings. The summed E-state index contributed by atoms with van der Waals surface area (Å²) in [6.45, 7) is 2.44. The standard InChI is InChI=1S/C28H23N5O5S/c1-17-11-18(23-15-29-16-38-23)13-19(12-17)26-21-5-3-9-30-27(21)28(35)33(31-26)22-14-20(32-10-4-6-25(32)34)7-8-24(22)39(2,36)37/h3,5,7-9,11-16H,4,6,10H2,1-2H3. The van der Waals surface area contributed by atoms with Gasteiger partial charge in [-0.3, -0.25) is 14.6 Å². The van der Waals surface area contributed by atoms with Crippen LogP contribution in [-0.2, 0) is 14.6 Å². The highest BCUT2D eigenvalue weighted by Gasteiger charge is 2.26. The van der Waals surface area contributed by atoms with Crippen molar-refractivity contribution in [1.29, 1.82) is 0 Å². The summed E-state index contributed by atoms with van der Waals surface area (Å²) in [5.41, 5.74) is 2.91. The summed E-state index contributed by atoms with van der Waals surface area (Å²) >= 11 is 0. The predicted molar refractivity (Wildman–Crippen MR) is 146 cm³/mol. The molecule has 1 amide bonds. The molecule has 0 radical (unpaired) electrons. The summed E-state index contributed by atoms with van der Waals surface area (Å²) in [7, 11) is -3.77. The predicted octanol–water partition coefficient (Wildman–Crippen LogP) is 3.94. The first kappa shape index (κ1) is 24.7. The molecule has 1 aliphatic rings. The number of oxazole rings is 1. The maximum atomic E-state index is 13.7. The van der Waals surface area contributed by atoms with Gasteiger partial charge in [-0.2, -0.15) is 9.78 Å². The molecule has 5 aromatic rings. The molecule has 11 heteroatoms. The monoisotopic (exact) mass is 541 g/mol. The van der Waals surface area contributed by atoms with E-state index >= 15 is 0 Å². The van der Waals surface area contributed by atoms with Crippen molar-refractivity contribution in [1.82, 2.24) is 19.7 Å². The number of benzene rings is 2. The third-order valence-electron chi connectivity index (χ3n) is 6.68. The fourth-order valence-corrected chi connectivity index (χ4v) is 5.78. The van der Waals surface area contributed by atoms with Crippen molar-refractivity contribution < 1.29 is 17.6 Å². The molecule has 39 heavy (non-hydrogen) atoms. The molecule has 3 aromatic heterocycles. The SMILES string of the molecule is Cc1cc(-c2cnco2)cc(-c2nn(-c3cc(N4CCCC4=O)ccc3S(C)(=O)=O)c(=O)c3ncccc23)c1. The van der Waals surface area contributed by atoms with E-state index in [1.165, 1.54) is 24.7 Å². The van der Waals surface area contributed by atoms with E-state index in [1.54, 1.807) is 29.3 Å². The van der Waals surface area contributed by atoms with Crippen LogP contribution in [0, 0.1) is 6.92 Å². The molecule has 2 aromatic carbocycles. The van der Waals surface area contributed by atoms with Crippen molar-refractivity contribution in [2.24, 2.45) is 0 Å². The van der Waals surface area contributed by atoms with E-state index in [1.807, 2.05) is 25.1 Å². The average Bonchev–Trinajstić information content (AvgIpc) is 3.60. The molecule has 0 unspecified atom stereocenters. The highest BCUT2D eigenvalue weighted by atomic mass is 32.2. The first-order chi connectivity index (χ1) is 18.7. The Kier molecular flexibility index (Phi) is 5.87. The van der Waals surface area contributed by atoms with Crippen LogP contribution in [0.15, 0.2) is 81.4 Å². The topological polar surface area (TPSA) is 128 Å². The van der Waals surface area contributed by atoms with Crippen molar-refractivity contribution in [2.45, 2.75) is 24.7 Å². The summed E-state index contributed by atoms with van der Waals surface area (Å²) < 4.78 is 32.2. The summed E-state index contributed by atoms with van der Waals surface area (Å²) in [4.78, 5) is 36.0. The first-order valence-corrected chi connectivity index (χ1v) is 14.1. The van der Waals surface area contributed by atoms with Crippen LogP contribution in [0.2, 0.25) is 0 Å². The van der Waals surface area contributed by atoms with Gasteiger partial charge in [-0.05, 0) is 67.4 Å². The van der Waals surface area contributed by atoms with E-state index in [9.17, 15) is 18.0 Å². The Morgan fingerprint density at radius 3 is 2.56 bits per heavy atom. The Morgan fingerprint density at radius 1 is 1.03 bits per heavy atom. The van der Waals surface area contributed by atoms with Crippen LogP contribution in [0.4, 0.5) is 5.69 Å². The zero-order valence-corrected chi connectivity index (χ0v) is 22.0. The molecule has 1 aliphatic heterocycles. The second kappa shape index (κ2) is 9.28. The largest absolute Gasteiger partial charge is 0.444 e. The fraction of sp³-hybridized carbons (Fsp3) is 0.179. The molecule has 196 valence electrons. The number of aromatic nitrogens is 4. The number of amides is 1. The van der Waals surface area contributed by atoms with E-state index in [4.69, 9.17) is 9.52 Å². The van der Waals surface area contributed by atoms with Gasteiger partial charge in [-0.1, -0.05) is 0 Å². The lowest BCUT2D eigenvalue weighted by atomic mass is 10.0. The van der Waals surface area contributed by atoms with Gasteiger partial charge in [-0.15, -0.1) is 0 Å². The number of carbonyl (C=O) groups is 1. The minimum atomic E-state index is -3.77. The quantitative estimate of drug-likeness (QED) is 0.327. The molecule has 0 N–H and O–H groups in total. The molecular weight excluding hydrogens is 518 g/mol. The van der Waals surface area contributed by atoms with Crippen LogP contribution in [0.3, 0.4) is 0 Å². The number of fused-ring (bicyclic) bond motifs is 1. The van der Waals surface area contributed by atoms with E-state index in [2.05, 4.69) is 9.97 Å². The minimum absolute atomic E-state index is 0.0524. The Bertz CT molecular complexity index is 1930. The van der Waals surface area contributed by atoms with Gasteiger partial charge >= 0.3 is 0 Å². The molecule has 0 spiro atoms. The number of rotatable bonds is 5. The van der Waals surface area contributed by atoms with Crippen LogP contribution in [-0.4, -0.2) is 46.9 Å². The smallest absolute Gasteiger partial charge is 0.298 e. The first-order valence-electron chi connectivity index (χ1n) is 12.2. The zero-order chi connectivity index (χ0) is 27.3. The van der Waals surface area contributed by atoms with Gasteiger partial charge in [0.05, 0.1) is 16.8 Å². The molecule has 4 heterocycles. The van der Waals surface area contributed by atoms with Gasteiger partial charge < -0.3 is 9.32 Å². The minimum Gasteiger partial charge on any atom is -0.444 e. The van der Waals surface area contributed by atoms with Gasteiger partial charge in [0.15, 0.2) is 22.0 Å². The second-order valence-electron chi connectivity index (χ2n) is 9.49. The van der Waals surface area contributed by atoms with Crippen molar-refractivity contribution >= 4 is 32.3 Å². The number of hydrogen-bond acceptors (Lipinski definition) is 8. The number of carbonyl (C=O) groups excluding carboxylic acids is 1. The maximum absolute atomic E-state index is 13.7. The third kappa shape index (κ3) is 4.40. The molecule has 0 atom stereocenters. The molecular formula is C28H23N5O5S. The second-order valence-corrected chi connectivity index (χ2v) is 11.5. The molecule has 6 rings (SSSR count). The van der Waals surface area contributed by atoms with Crippen molar-refractivity contribution in [2.75, 3.05) is 17.7 Å². The van der Waals surface area contributed by atoms with Gasteiger partial charge in [0.25, 0.3) is 5.56 Å². The average molecular weight is 542 g/mol. The summed E-state index contributed by atoms with van der Waals surface area (Å²) in [6.07, 6.45) is 6.64. The van der Waals surface area contributed by atoms with Crippen LogP contribution < -0.4 is 10.5 Å². The summed E-state index contributed by atoms with van der Waals surface area (Å²) in [5, 5.41) is 5.23. The van der Waals surface area contributed by atoms with E-state index in [0.717, 1.165) is 22.1 Å². The Labute approximate surface area is 223 Å². The van der Waals surface area contributed by atoms with Crippen LogP contribution in [0.5, 0.6) is 0 Å². The van der Waals surface area contributed by atoms with Crippen LogP contribution in [0.1, 0.15) is 18.4 Å². The third-order valence-corrected chi connectivity index (χ3v) is 7.82. The number of sulfone groups is 1. The lowest BCUT2D eigenvalue weighted by molar-refractivity contribution is -0.117. The Hall–Kier alpha value is -4.64. The van der Waals surface area contributed by atoms with Crippen molar-refractivity contribution in [3.63, 3.8) is 0 Å². The van der Waals surface area contributed by atoms with E-state index in [0.29, 0.717) is 47.5 Å². The highest BCUT2D eigenvalue weighted by molar-refractivity contribution is 7.90. The number of nitrogens with zero attached hydrogens (tertiary/aromatic N) is 5. The zero-order valence-electron chi connectivity index (χ0n) is 21.2. The lowest BCUT2D eigenvalue weighted by Crippen LogP contribution is -2.27. The maximum Gasteiger partial charge on any atom is 0.298 e. The number of anilines is 1. The Balaban J connectivity index is 1.65. The summed E-state index contributed by atoms with van der Waals surface area (Å²) in [5.74, 6) is 0.506. The number of hydrogen-bond donors (Lipinski definition) is 0. The molecule has 0 saturated carbocycles. The van der Waals surface area contributed by atoms with Crippen molar-refractivity contribution in [3.05, 3.63) is 83.2 Å². The fourth-order valence-electron chi connectivity index (χ4n) is 4.94. The van der Waals surface area contributed by atoms with Gasteiger partial charge in [0, 0.05) is 47.6 Å². The highest BCUT2D eigenvalue weighted by Crippen LogP contribution is 2.32. The molecule has 10 nitrogen and oxygen atoms in total. The van der Waals surface area contributed by atoms with E-state index < -0.39 is 15.4 Å². The van der Waals surface area contributed by atoms with Gasteiger partial charge in [0.1, 0.15) is 11.2 Å².